The van der Waals surface area contributed by atoms with Gasteiger partial charge in [0.25, 0.3) is 5.91 Å². The van der Waals surface area contributed by atoms with Gasteiger partial charge in [0.05, 0.1) is 6.54 Å². The average Bonchev–Trinajstić information content (AvgIpc) is 2.48. The van der Waals surface area contributed by atoms with Crippen LogP contribution in [-0.2, 0) is 16.1 Å². The molecule has 1 fully saturated rings. The van der Waals surface area contributed by atoms with Gasteiger partial charge in [-0.05, 0) is 43.5 Å². The number of β-amino-alcohol motifs (C(OH)–C–C–N with tert-alkyl or cyclic N) is 1. The summed E-state index contributed by atoms with van der Waals surface area (Å²) in [5.41, 5.74) is 4.86. The number of nitrogens with zero attached hydrogens (tertiary/aromatic N) is 1. The Hall–Kier alpha value is -1.99. The number of aryl methyl sites for hydroxylation is 1. The molecule has 1 saturated heterocycles. The maximum Gasteiger partial charge on any atom is 0.250 e. The molecule has 7 heteroatoms. The van der Waals surface area contributed by atoms with Crippen LogP contribution in [0.15, 0.2) is 18.2 Å². The van der Waals surface area contributed by atoms with Crippen LogP contribution in [0.5, 0.6) is 0 Å². The third-order valence-corrected chi connectivity index (χ3v) is 4.10. The fraction of sp³-hybridized carbons (Fsp3) is 0.500. The van der Waals surface area contributed by atoms with E-state index in [1.165, 1.54) is 6.07 Å². The van der Waals surface area contributed by atoms with E-state index in [9.17, 15) is 19.1 Å². The molecular weight excluding hydrogens is 301 g/mol. The van der Waals surface area contributed by atoms with Gasteiger partial charge < -0.3 is 16.2 Å². The SMILES string of the molecule is Cc1ccc(CNC(=O)CN2CCCC(O)(C(N)=O)C2)cc1F. The second-order valence-corrected chi connectivity index (χ2v) is 6.07. The molecule has 0 spiro atoms. The molecule has 0 saturated carbocycles. The van der Waals surface area contributed by atoms with E-state index in [1.807, 2.05) is 0 Å². The molecule has 1 atom stereocenters. The van der Waals surface area contributed by atoms with E-state index in [0.29, 0.717) is 30.5 Å². The van der Waals surface area contributed by atoms with Crippen molar-refractivity contribution in [2.75, 3.05) is 19.6 Å². The minimum Gasteiger partial charge on any atom is -0.379 e. The number of amides is 2. The quantitative estimate of drug-likeness (QED) is 0.714. The molecule has 126 valence electrons. The van der Waals surface area contributed by atoms with E-state index >= 15 is 0 Å². The van der Waals surface area contributed by atoms with E-state index in [-0.39, 0.29) is 31.4 Å². The zero-order valence-electron chi connectivity index (χ0n) is 13.1. The van der Waals surface area contributed by atoms with Gasteiger partial charge in [0, 0.05) is 13.1 Å². The van der Waals surface area contributed by atoms with Crippen molar-refractivity contribution in [1.29, 1.82) is 0 Å². The molecule has 1 aliphatic rings. The second kappa shape index (κ2) is 7.06. The lowest BCUT2D eigenvalue weighted by molar-refractivity contribution is -0.143. The Morgan fingerprint density at radius 2 is 2.22 bits per heavy atom. The van der Waals surface area contributed by atoms with Crippen LogP contribution in [0, 0.1) is 12.7 Å². The van der Waals surface area contributed by atoms with E-state index in [4.69, 9.17) is 5.73 Å². The normalized spacial score (nSPS) is 21.9. The topological polar surface area (TPSA) is 95.7 Å². The van der Waals surface area contributed by atoms with Crippen molar-refractivity contribution in [1.82, 2.24) is 10.2 Å². The van der Waals surface area contributed by atoms with Gasteiger partial charge in [0.15, 0.2) is 5.60 Å². The molecule has 0 bridgehead atoms. The lowest BCUT2D eigenvalue weighted by atomic mass is 9.92. The number of piperidine rings is 1. The Morgan fingerprint density at radius 1 is 1.48 bits per heavy atom. The molecular formula is C16H22FN3O3. The molecule has 2 rings (SSSR count). The van der Waals surface area contributed by atoms with Crippen molar-refractivity contribution >= 4 is 11.8 Å². The summed E-state index contributed by atoms with van der Waals surface area (Å²) < 4.78 is 13.4. The van der Waals surface area contributed by atoms with Gasteiger partial charge >= 0.3 is 0 Å². The molecule has 6 nitrogen and oxygen atoms in total. The zero-order valence-corrected chi connectivity index (χ0v) is 13.1. The lowest BCUT2D eigenvalue weighted by Crippen LogP contribution is -2.57. The van der Waals surface area contributed by atoms with Gasteiger partial charge in [-0.25, -0.2) is 4.39 Å². The Bertz CT molecular complexity index is 608. The highest BCUT2D eigenvalue weighted by Gasteiger charge is 2.38. The number of carbonyl (C=O) groups is 2. The largest absolute Gasteiger partial charge is 0.379 e. The third kappa shape index (κ3) is 4.49. The number of rotatable bonds is 5. The van der Waals surface area contributed by atoms with Crippen LogP contribution in [0.4, 0.5) is 4.39 Å². The number of hydrogen-bond acceptors (Lipinski definition) is 4. The van der Waals surface area contributed by atoms with Crippen LogP contribution in [-0.4, -0.2) is 47.1 Å². The number of aliphatic hydroxyl groups is 1. The summed E-state index contributed by atoms with van der Waals surface area (Å²) in [6.07, 6.45) is 0.902. The predicted molar refractivity (Wildman–Crippen MR) is 82.8 cm³/mol. The van der Waals surface area contributed by atoms with Crippen LogP contribution in [0.3, 0.4) is 0 Å². The van der Waals surface area contributed by atoms with Crippen LogP contribution < -0.4 is 11.1 Å². The number of nitrogens with two attached hydrogens (primary N) is 1. The summed E-state index contributed by atoms with van der Waals surface area (Å²) in [5.74, 6) is -1.32. The van der Waals surface area contributed by atoms with Crippen molar-refractivity contribution in [2.24, 2.45) is 5.73 Å². The maximum atomic E-state index is 13.4. The van der Waals surface area contributed by atoms with Gasteiger partial charge in [-0.1, -0.05) is 12.1 Å². The molecule has 0 aliphatic carbocycles. The van der Waals surface area contributed by atoms with Crippen molar-refractivity contribution in [3.8, 4) is 0 Å². The number of halogens is 1. The lowest BCUT2D eigenvalue weighted by Gasteiger charge is -2.36. The van der Waals surface area contributed by atoms with Crippen molar-refractivity contribution in [3.05, 3.63) is 35.1 Å². The Labute approximate surface area is 134 Å². The molecule has 0 aromatic heterocycles. The minimum absolute atomic E-state index is 0.0505. The number of hydrogen-bond donors (Lipinski definition) is 3. The van der Waals surface area contributed by atoms with Crippen LogP contribution in [0.1, 0.15) is 24.0 Å². The Morgan fingerprint density at radius 3 is 2.87 bits per heavy atom. The van der Waals surface area contributed by atoms with Crippen LogP contribution in [0.2, 0.25) is 0 Å². The first-order chi connectivity index (χ1) is 10.8. The summed E-state index contributed by atoms with van der Waals surface area (Å²) in [6.45, 7) is 2.62. The standard InChI is InChI=1S/C16H22FN3O3/c1-11-3-4-12(7-13(11)17)8-19-14(21)9-20-6-2-5-16(23,10-20)15(18)22/h3-4,7,23H,2,5-6,8-10H2,1H3,(H2,18,22)(H,19,21). The summed E-state index contributed by atoms with van der Waals surface area (Å²) in [5, 5.41) is 12.8. The second-order valence-electron chi connectivity index (χ2n) is 6.07. The smallest absolute Gasteiger partial charge is 0.250 e. The van der Waals surface area contributed by atoms with E-state index < -0.39 is 11.5 Å². The number of likely N-dealkylation sites (tertiary alicyclic amines) is 1. The highest BCUT2D eigenvalue weighted by Crippen LogP contribution is 2.20. The monoisotopic (exact) mass is 323 g/mol. The first-order valence-corrected chi connectivity index (χ1v) is 7.56. The Kier molecular flexibility index (Phi) is 5.33. The first-order valence-electron chi connectivity index (χ1n) is 7.56. The van der Waals surface area contributed by atoms with Gasteiger partial charge in [-0.15, -0.1) is 0 Å². The summed E-state index contributed by atoms with van der Waals surface area (Å²) in [6, 6.07) is 4.81. The van der Waals surface area contributed by atoms with Gasteiger partial charge in [0.1, 0.15) is 5.82 Å². The predicted octanol–water partition coefficient (Wildman–Crippen LogP) is 0.0625. The molecule has 1 aliphatic heterocycles. The van der Waals surface area contributed by atoms with Gasteiger partial charge in [0.2, 0.25) is 5.91 Å². The number of benzene rings is 1. The van der Waals surface area contributed by atoms with E-state index in [0.717, 1.165) is 0 Å². The average molecular weight is 323 g/mol. The number of primary amides is 1. The maximum absolute atomic E-state index is 13.4. The number of nitrogens with one attached hydrogen (secondary N) is 1. The Balaban J connectivity index is 1.84. The fourth-order valence-corrected chi connectivity index (χ4v) is 2.67. The molecule has 1 aromatic carbocycles. The minimum atomic E-state index is -1.57. The van der Waals surface area contributed by atoms with Crippen molar-refractivity contribution in [3.63, 3.8) is 0 Å². The summed E-state index contributed by atoms with van der Waals surface area (Å²) in [7, 11) is 0. The summed E-state index contributed by atoms with van der Waals surface area (Å²) in [4.78, 5) is 25.0. The van der Waals surface area contributed by atoms with Crippen molar-refractivity contribution < 1.29 is 19.1 Å². The molecule has 1 unspecified atom stereocenters. The van der Waals surface area contributed by atoms with Crippen LogP contribution >= 0.6 is 0 Å². The zero-order chi connectivity index (χ0) is 17.0. The fourth-order valence-electron chi connectivity index (χ4n) is 2.67. The number of carbonyl (C=O) groups excluding carboxylic acids is 2. The molecule has 23 heavy (non-hydrogen) atoms. The molecule has 4 N–H and O–H groups in total. The summed E-state index contributed by atoms with van der Waals surface area (Å²) >= 11 is 0. The first kappa shape index (κ1) is 17.4. The van der Waals surface area contributed by atoms with Gasteiger partial charge in [-0.2, -0.15) is 0 Å². The van der Waals surface area contributed by atoms with E-state index in [1.54, 1.807) is 24.0 Å². The van der Waals surface area contributed by atoms with Crippen LogP contribution in [0.25, 0.3) is 0 Å². The van der Waals surface area contributed by atoms with Crippen molar-refractivity contribution in [2.45, 2.75) is 31.9 Å². The van der Waals surface area contributed by atoms with E-state index in [2.05, 4.69) is 5.32 Å². The van der Waals surface area contributed by atoms with Gasteiger partial charge in [-0.3, -0.25) is 14.5 Å². The highest BCUT2D eigenvalue weighted by molar-refractivity contribution is 5.84. The highest BCUT2D eigenvalue weighted by atomic mass is 19.1. The third-order valence-electron chi connectivity index (χ3n) is 4.10. The molecule has 2 amide bonds. The molecule has 0 radical (unpaired) electrons. The molecule has 1 aromatic rings. The molecule has 1 heterocycles.